The minimum absolute atomic E-state index is 0.0283. The van der Waals surface area contributed by atoms with E-state index < -0.39 is 15.1 Å². The molecule has 0 aliphatic heterocycles. The lowest BCUT2D eigenvalue weighted by Gasteiger charge is -2.26. The second-order valence-corrected chi connectivity index (χ2v) is 16.5. The lowest BCUT2D eigenvalue weighted by molar-refractivity contribution is 0.580. The smallest absolute Gasteiger partial charge is 0.149 e. The zero-order chi connectivity index (χ0) is 30.8. The summed E-state index contributed by atoms with van der Waals surface area (Å²) in [6.45, 7) is 6.03. The third-order valence-electron chi connectivity index (χ3n) is 7.71. The second kappa shape index (κ2) is 15.5. The fourth-order valence-electron chi connectivity index (χ4n) is 5.61. The molecule has 3 unspecified atom stereocenters. The predicted molar refractivity (Wildman–Crippen MR) is 201 cm³/mol. The summed E-state index contributed by atoms with van der Waals surface area (Å²) in [5.74, 6) is 2.34. The summed E-state index contributed by atoms with van der Waals surface area (Å²) in [5.41, 5.74) is -0.0283. The summed E-state index contributed by atoms with van der Waals surface area (Å²) in [7, 11) is -3.61. The molecule has 44 heavy (non-hydrogen) atoms. The fraction of sp³-hybridized carbons (Fsp3) is 0.150. The van der Waals surface area contributed by atoms with Crippen LogP contribution in [0.15, 0.2) is 158 Å². The highest BCUT2D eigenvalue weighted by molar-refractivity contribution is 7.79. The molecule has 0 bridgehead atoms. The monoisotopic (exact) mass is 630 g/mol. The summed E-state index contributed by atoms with van der Waals surface area (Å²) in [6, 6.07) is 34.4. The van der Waals surface area contributed by atoms with Crippen molar-refractivity contribution in [1.29, 1.82) is 0 Å². The van der Waals surface area contributed by atoms with E-state index in [0.717, 1.165) is 23.5 Å². The predicted octanol–water partition coefficient (Wildman–Crippen LogP) is 10.7. The van der Waals surface area contributed by atoms with E-state index in [4.69, 9.17) is 0 Å². The molecule has 0 saturated heterocycles. The molecule has 1 heterocycles. The van der Waals surface area contributed by atoms with E-state index in [2.05, 4.69) is 115 Å². The van der Waals surface area contributed by atoms with Crippen molar-refractivity contribution in [3.05, 3.63) is 158 Å². The fourth-order valence-corrected chi connectivity index (χ4v) is 11.7. The maximum absolute atomic E-state index is 15.3. The molecule has 0 fully saturated rings. The maximum Gasteiger partial charge on any atom is 0.149 e. The molecule has 1 aliphatic rings. The lowest BCUT2D eigenvalue weighted by Crippen LogP contribution is -2.24. The van der Waals surface area contributed by atoms with Gasteiger partial charge in [-0.1, -0.05) is 141 Å². The zero-order valence-electron chi connectivity index (χ0n) is 25.7. The van der Waals surface area contributed by atoms with Gasteiger partial charge in [0.15, 0.2) is 0 Å². The summed E-state index contributed by atoms with van der Waals surface area (Å²) in [4.78, 5) is 0. The minimum Gasteiger partial charge on any atom is -0.313 e. The molecule has 0 N–H and O–H groups in total. The molecule has 0 radical (unpaired) electrons. The number of benzene rings is 4. The van der Waals surface area contributed by atoms with Gasteiger partial charge in [-0.15, -0.1) is 11.3 Å². The number of rotatable bonds is 8. The van der Waals surface area contributed by atoms with Gasteiger partial charge in [0.1, 0.15) is 7.14 Å². The Morgan fingerprint density at radius 1 is 0.727 bits per heavy atom. The number of allylic oxidation sites excluding steroid dienone is 9. The Balaban J connectivity index is 0.00000188. The average molecular weight is 631 g/mol. The Labute approximate surface area is 268 Å². The molecule has 4 aromatic carbocycles. The van der Waals surface area contributed by atoms with E-state index in [0.29, 0.717) is 0 Å². The van der Waals surface area contributed by atoms with Gasteiger partial charge < -0.3 is 4.57 Å². The van der Waals surface area contributed by atoms with Crippen molar-refractivity contribution in [3.8, 4) is 0 Å². The van der Waals surface area contributed by atoms with Crippen LogP contribution in [0.4, 0.5) is 0 Å². The SMILES string of the molecule is CC.C\C=C/C=C\C=C\P(c1ccccc1)c1ccc2sc3ccc(P(=O)(c4ccccc4)C4C=CC=CCC4)cc3c2c1. The van der Waals surface area contributed by atoms with Crippen molar-refractivity contribution in [2.24, 2.45) is 0 Å². The standard InChI is InChI=1S/C38H34OP2S.C2H6/c1-2-3-4-7-16-27-40(30-17-10-8-11-18-30)31-23-25-37-35(28-31)36-29-34(24-26-38(36)42-37)41(39,33-21-14-9-15-22-33)32-19-12-5-6-13-20-32;1-2/h2-12,14-19,21-29,32H,13,20H2,1H3;1-2H3/b3-2-,7-4-,27-16+;. The Kier molecular flexibility index (Phi) is 11.2. The quantitative estimate of drug-likeness (QED) is 0.123. The van der Waals surface area contributed by atoms with Crippen LogP contribution in [-0.4, -0.2) is 5.66 Å². The molecule has 222 valence electrons. The number of hydrogen-bond donors (Lipinski definition) is 0. The molecule has 1 aromatic heterocycles. The van der Waals surface area contributed by atoms with Gasteiger partial charge in [0.05, 0.1) is 0 Å². The van der Waals surface area contributed by atoms with Crippen molar-refractivity contribution in [1.82, 2.24) is 0 Å². The van der Waals surface area contributed by atoms with Crippen molar-refractivity contribution in [3.63, 3.8) is 0 Å². The van der Waals surface area contributed by atoms with E-state index in [-0.39, 0.29) is 5.66 Å². The summed E-state index contributed by atoms with van der Waals surface area (Å²) < 4.78 is 17.8. The van der Waals surface area contributed by atoms with Gasteiger partial charge in [0.2, 0.25) is 0 Å². The highest BCUT2D eigenvalue weighted by atomic mass is 32.1. The Hall–Kier alpha value is -3.54. The summed E-state index contributed by atoms with van der Waals surface area (Å²) in [6.07, 6.45) is 20.7. The lowest BCUT2D eigenvalue weighted by atomic mass is 10.1. The van der Waals surface area contributed by atoms with Crippen LogP contribution < -0.4 is 21.2 Å². The van der Waals surface area contributed by atoms with Gasteiger partial charge in [-0.05, 0) is 68.6 Å². The second-order valence-electron chi connectivity index (χ2n) is 10.4. The first-order valence-electron chi connectivity index (χ1n) is 15.4. The highest BCUT2D eigenvalue weighted by Crippen LogP contribution is 2.52. The van der Waals surface area contributed by atoms with Gasteiger partial charge in [-0.2, -0.15) is 0 Å². The molecule has 1 aliphatic carbocycles. The number of hydrogen-bond acceptors (Lipinski definition) is 2. The topological polar surface area (TPSA) is 17.1 Å². The van der Waals surface area contributed by atoms with Crippen molar-refractivity contribution in [2.45, 2.75) is 39.3 Å². The van der Waals surface area contributed by atoms with Gasteiger partial charge in [0.25, 0.3) is 0 Å². The van der Waals surface area contributed by atoms with E-state index in [1.54, 1.807) is 0 Å². The van der Waals surface area contributed by atoms with Crippen LogP contribution >= 0.6 is 26.4 Å². The van der Waals surface area contributed by atoms with Gasteiger partial charge >= 0.3 is 0 Å². The van der Waals surface area contributed by atoms with Crippen LogP contribution in [0.3, 0.4) is 0 Å². The maximum atomic E-state index is 15.3. The third-order valence-corrected chi connectivity index (χ3v) is 14.5. The number of fused-ring (bicyclic) bond motifs is 3. The molecule has 6 rings (SSSR count). The Bertz CT molecular complexity index is 1880. The van der Waals surface area contributed by atoms with Gasteiger partial charge in [-0.3, -0.25) is 0 Å². The van der Waals surface area contributed by atoms with Crippen LogP contribution in [0.5, 0.6) is 0 Å². The Morgan fingerprint density at radius 2 is 1.41 bits per heavy atom. The zero-order valence-corrected chi connectivity index (χ0v) is 28.3. The molecule has 1 nitrogen and oxygen atoms in total. The highest BCUT2D eigenvalue weighted by Gasteiger charge is 2.35. The van der Waals surface area contributed by atoms with Crippen LogP contribution in [0, 0.1) is 0 Å². The van der Waals surface area contributed by atoms with Crippen LogP contribution in [0.2, 0.25) is 0 Å². The van der Waals surface area contributed by atoms with E-state index in [1.807, 2.05) is 74.6 Å². The Morgan fingerprint density at radius 3 is 2.16 bits per heavy atom. The summed E-state index contributed by atoms with van der Waals surface area (Å²) in [5, 5.41) is 6.96. The third kappa shape index (κ3) is 6.90. The minimum atomic E-state index is -2.93. The molecule has 3 atom stereocenters. The number of thiophene rings is 1. The molecule has 4 heteroatoms. The van der Waals surface area contributed by atoms with Crippen molar-refractivity contribution < 1.29 is 4.57 Å². The van der Waals surface area contributed by atoms with Gasteiger partial charge in [-0.25, -0.2) is 0 Å². The van der Waals surface area contributed by atoms with Crippen molar-refractivity contribution >= 4 is 67.8 Å². The first kappa shape index (κ1) is 31.9. The van der Waals surface area contributed by atoms with E-state index in [9.17, 15) is 0 Å². The first-order chi connectivity index (χ1) is 21.7. The van der Waals surface area contributed by atoms with Crippen LogP contribution in [0.1, 0.15) is 33.6 Å². The van der Waals surface area contributed by atoms with E-state index in [1.165, 1.54) is 30.8 Å². The molecular formula is C40H40OP2S. The summed E-state index contributed by atoms with van der Waals surface area (Å²) >= 11 is 1.82. The van der Waals surface area contributed by atoms with Crippen LogP contribution in [0.25, 0.3) is 20.2 Å². The van der Waals surface area contributed by atoms with Crippen LogP contribution in [-0.2, 0) is 4.57 Å². The molecule has 0 spiro atoms. The normalized spacial score (nSPS) is 17.2. The molecule has 0 amide bonds. The first-order valence-corrected chi connectivity index (χ1v) is 19.4. The van der Waals surface area contributed by atoms with E-state index >= 15 is 4.57 Å². The molecule has 0 saturated carbocycles. The largest absolute Gasteiger partial charge is 0.313 e. The molecule has 5 aromatic rings. The average Bonchev–Trinajstić information content (AvgIpc) is 3.23. The van der Waals surface area contributed by atoms with Gasteiger partial charge in [0, 0.05) is 36.4 Å². The van der Waals surface area contributed by atoms with Crippen molar-refractivity contribution in [2.75, 3.05) is 0 Å². The molecular weight excluding hydrogens is 590 g/mol.